The maximum Gasteiger partial charge on any atom is 0.123 e. The average Bonchev–Trinajstić information content (AvgIpc) is 2.88. The molecule has 1 heterocycles. The van der Waals surface area contributed by atoms with Gasteiger partial charge in [0.25, 0.3) is 0 Å². The van der Waals surface area contributed by atoms with Crippen molar-refractivity contribution in [2.75, 3.05) is 20.6 Å². The Labute approximate surface area is 149 Å². The van der Waals surface area contributed by atoms with E-state index in [2.05, 4.69) is 0 Å². The summed E-state index contributed by atoms with van der Waals surface area (Å²) in [6, 6.07) is 5.93. The molecular weight excluding hydrogens is 303 g/mol. The zero-order chi connectivity index (χ0) is 21.6. The van der Waals surface area contributed by atoms with Crippen molar-refractivity contribution in [1.29, 1.82) is 5.26 Å². The van der Waals surface area contributed by atoms with Crippen molar-refractivity contribution in [1.82, 2.24) is 4.90 Å². The van der Waals surface area contributed by atoms with E-state index < -0.39 is 30.1 Å². The maximum absolute atomic E-state index is 13.6. The highest BCUT2D eigenvalue weighted by Crippen LogP contribution is 2.45. The van der Waals surface area contributed by atoms with Crippen LogP contribution >= 0.6 is 0 Å². The molecule has 0 saturated carbocycles. The zero-order valence-corrected chi connectivity index (χ0v) is 13.6. The summed E-state index contributed by atoms with van der Waals surface area (Å²) in [4.78, 5) is 1.95. The van der Waals surface area contributed by atoms with Gasteiger partial charge in [-0.1, -0.05) is 18.2 Å². The smallest absolute Gasteiger partial charge is 0.123 e. The number of rotatable bonds is 5. The minimum Gasteiger partial charge on any atom is -0.361 e. The lowest BCUT2D eigenvalue weighted by Gasteiger charge is -2.31. The second-order valence-electron chi connectivity index (χ2n) is 6.06. The van der Waals surface area contributed by atoms with Crippen LogP contribution < -0.4 is 0 Å². The Bertz CT molecular complexity index is 988. The summed E-state index contributed by atoms with van der Waals surface area (Å²) in [6.45, 7) is -1.77. The summed E-state index contributed by atoms with van der Waals surface area (Å²) in [5.74, 6) is -0.466. The molecular formula is C20H21FN2O. The molecule has 0 saturated heterocycles. The van der Waals surface area contributed by atoms with Gasteiger partial charge in [0.1, 0.15) is 11.4 Å². The van der Waals surface area contributed by atoms with Gasteiger partial charge < -0.3 is 9.64 Å². The molecule has 0 aliphatic carbocycles. The lowest BCUT2D eigenvalue weighted by atomic mass is 9.81. The number of halogens is 1. The number of hydrogen-bond donors (Lipinski definition) is 0. The van der Waals surface area contributed by atoms with Crippen molar-refractivity contribution in [2.24, 2.45) is 0 Å². The second-order valence-corrected chi connectivity index (χ2v) is 6.06. The van der Waals surface area contributed by atoms with Gasteiger partial charge in [0, 0.05) is 0 Å². The zero-order valence-electron chi connectivity index (χ0n) is 18.6. The Morgan fingerprint density at radius 2 is 2.12 bits per heavy atom. The van der Waals surface area contributed by atoms with E-state index in [0.717, 1.165) is 0 Å². The summed E-state index contributed by atoms with van der Waals surface area (Å²) < 4.78 is 61.3. The Morgan fingerprint density at radius 1 is 1.38 bits per heavy atom. The van der Waals surface area contributed by atoms with Gasteiger partial charge in [-0.15, -0.1) is 0 Å². The molecule has 0 fully saturated rings. The summed E-state index contributed by atoms with van der Waals surface area (Å²) in [6.07, 6.45) is 0.833. The Balaban J connectivity index is 2.32. The van der Waals surface area contributed by atoms with Gasteiger partial charge in [-0.3, -0.25) is 0 Å². The predicted octanol–water partition coefficient (Wildman–Crippen LogP) is 3.81. The minimum absolute atomic E-state index is 0.0712. The fraction of sp³-hybridized carbons (Fsp3) is 0.350. The highest BCUT2D eigenvalue weighted by molar-refractivity contribution is 5.47. The van der Waals surface area contributed by atoms with Crippen molar-refractivity contribution in [3.05, 3.63) is 70.5 Å². The van der Waals surface area contributed by atoms with E-state index in [1.54, 1.807) is 6.07 Å². The van der Waals surface area contributed by atoms with Crippen LogP contribution in [0.2, 0.25) is 0 Å². The standard InChI is InChI=1S/C20H21FN2O/c1-23(2)11-3-10-20(17-5-7-18(21)8-6-17)19-9-4-15(13-22)12-16(19)14-24-20/h4-9,12H,3,10-11,14H2,1-2H3/t20-/m0/s1/i4D,9D,12D,14D2. The van der Waals surface area contributed by atoms with Crippen LogP contribution in [-0.4, -0.2) is 25.5 Å². The van der Waals surface area contributed by atoms with E-state index in [0.29, 0.717) is 18.5 Å². The molecule has 1 aliphatic heterocycles. The molecule has 0 unspecified atom stereocenters. The first-order valence-electron chi connectivity index (χ1n) is 10.2. The summed E-state index contributed by atoms with van der Waals surface area (Å²) in [5, 5.41) is 9.32. The maximum atomic E-state index is 13.6. The number of benzene rings is 2. The molecule has 0 N–H and O–H groups in total. The molecule has 0 radical (unpaired) electrons. The fourth-order valence-electron chi connectivity index (χ4n) is 2.92. The molecule has 1 atom stereocenters. The average molecular weight is 329 g/mol. The van der Waals surface area contributed by atoms with E-state index >= 15 is 0 Å². The number of nitrogens with zero attached hydrogens (tertiary/aromatic N) is 2. The number of hydrogen-bond acceptors (Lipinski definition) is 3. The third kappa shape index (κ3) is 3.06. The molecule has 2 aromatic rings. The lowest BCUT2D eigenvalue weighted by Crippen LogP contribution is -2.28. The molecule has 1 aliphatic rings. The van der Waals surface area contributed by atoms with Gasteiger partial charge in [-0.2, -0.15) is 5.26 Å². The molecule has 0 bridgehead atoms. The Hall–Kier alpha value is -2.22. The molecule has 3 nitrogen and oxygen atoms in total. The second kappa shape index (κ2) is 6.72. The van der Waals surface area contributed by atoms with Crippen LogP contribution in [0.3, 0.4) is 0 Å². The largest absolute Gasteiger partial charge is 0.361 e. The van der Waals surface area contributed by atoms with Gasteiger partial charge in [-0.25, -0.2) is 4.39 Å². The summed E-state index contributed by atoms with van der Waals surface area (Å²) in [7, 11) is 3.79. The molecule has 2 aromatic carbocycles. The minimum atomic E-state index is -2.44. The molecule has 124 valence electrons. The fourth-order valence-corrected chi connectivity index (χ4v) is 2.92. The lowest BCUT2D eigenvalue weighted by molar-refractivity contribution is -0.0140. The third-order valence-electron chi connectivity index (χ3n) is 4.10. The van der Waals surface area contributed by atoms with E-state index in [-0.39, 0.29) is 29.2 Å². The van der Waals surface area contributed by atoms with Crippen LogP contribution in [0.15, 0.2) is 42.4 Å². The van der Waals surface area contributed by atoms with Crippen molar-refractivity contribution >= 4 is 0 Å². The van der Waals surface area contributed by atoms with E-state index in [1.807, 2.05) is 19.0 Å². The highest BCUT2D eigenvalue weighted by atomic mass is 19.1. The van der Waals surface area contributed by atoms with Gasteiger partial charge in [0.05, 0.1) is 25.0 Å². The summed E-state index contributed by atoms with van der Waals surface area (Å²) >= 11 is 0. The van der Waals surface area contributed by atoms with Gasteiger partial charge in [0.15, 0.2) is 0 Å². The monoisotopic (exact) mass is 329 g/mol. The normalized spacial score (nSPS) is 24.4. The van der Waals surface area contributed by atoms with Crippen LogP contribution in [0.4, 0.5) is 4.39 Å². The van der Waals surface area contributed by atoms with Crippen molar-refractivity contribution in [3.63, 3.8) is 0 Å². The summed E-state index contributed by atoms with van der Waals surface area (Å²) in [5.41, 5.74) is -1.51. The van der Waals surface area contributed by atoms with E-state index in [9.17, 15) is 9.65 Å². The van der Waals surface area contributed by atoms with Crippen molar-refractivity contribution < 1.29 is 16.0 Å². The molecule has 24 heavy (non-hydrogen) atoms. The van der Waals surface area contributed by atoms with Gasteiger partial charge in [-0.05, 0) is 74.4 Å². The molecule has 0 aromatic heterocycles. The van der Waals surface area contributed by atoms with Crippen LogP contribution in [-0.2, 0) is 16.9 Å². The van der Waals surface area contributed by atoms with E-state index in [1.165, 1.54) is 24.3 Å². The Morgan fingerprint density at radius 3 is 2.79 bits per heavy atom. The van der Waals surface area contributed by atoms with Crippen molar-refractivity contribution in [2.45, 2.75) is 25.0 Å². The van der Waals surface area contributed by atoms with Crippen LogP contribution in [0, 0.1) is 17.1 Å². The first-order chi connectivity index (χ1) is 13.5. The molecule has 4 heteroatoms. The highest BCUT2D eigenvalue weighted by Gasteiger charge is 2.41. The van der Waals surface area contributed by atoms with Crippen molar-refractivity contribution in [3.8, 4) is 6.07 Å². The van der Waals surface area contributed by atoms with E-state index in [4.69, 9.17) is 11.6 Å². The number of ether oxygens (including phenoxy) is 1. The SMILES string of the molecule is [2H]c1c([2H])c2c(c([2H])c1C#N)C([2H])([2H])O[C@@]2(CCCN(C)C)c1ccc(F)cc1. The molecule has 0 amide bonds. The number of fused-ring (bicyclic) bond motifs is 1. The van der Waals surface area contributed by atoms with Gasteiger partial charge in [0.2, 0.25) is 0 Å². The predicted molar refractivity (Wildman–Crippen MR) is 90.9 cm³/mol. The van der Waals surface area contributed by atoms with Crippen LogP contribution in [0.5, 0.6) is 0 Å². The van der Waals surface area contributed by atoms with Crippen LogP contribution in [0.25, 0.3) is 0 Å². The molecule has 0 spiro atoms. The first-order valence-corrected chi connectivity index (χ1v) is 7.71. The van der Waals surface area contributed by atoms with Gasteiger partial charge >= 0.3 is 0 Å². The number of nitriles is 1. The first kappa shape index (κ1) is 11.4. The third-order valence-corrected chi connectivity index (χ3v) is 4.10. The quantitative estimate of drug-likeness (QED) is 0.837. The topological polar surface area (TPSA) is 36.3 Å². The Kier molecular flexibility index (Phi) is 3.18. The van der Waals surface area contributed by atoms with Crippen LogP contribution in [0.1, 0.15) is 41.9 Å². The molecule has 3 rings (SSSR count).